The molecule has 1 atom stereocenters. The van der Waals surface area contributed by atoms with E-state index in [1.807, 2.05) is 0 Å². The van der Waals surface area contributed by atoms with Crippen molar-refractivity contribution in [2.24, 2.45) is 5.92 Å². The van der Waals surface area contributed by atoms with Crippen molar-refractivity contribution in [1.29, 1.82) is 0 Å². The van der Waals surface area contributed by atoms with E-state index in [1.165, 1.54) is 12.3 Å². The summed E-state index contributed by atoms with van der Waals surface area (Å²) in [5, 5.41) is 2.86. The number of hydrogen-bond acceptors (Lipinski definition) is 5. The third-order valence-electron chi connectivity index (χ3n) is 3.51. The van der Waals surface area contributed by atoms with E-state index in [0.29, 0.717) is 25.5 Å². The van der Waals surface area contributed by atoms with Crippen molar-refractivity contribution >= 4 is 15.8 Å². The molecule has 0 radical (unpaired) electrons. The molecule has 0 aromatic carbocycles. The number of methoxy groups -OCH3 is 1. The van der Waals surface area contributed by atoms with Gasteiger partial charge >= 0.3 is 0 Å². The van der Waals surface area contributed by atoms with Crippen LogP contribution in [0.4, 0.5) is 5.82 Å². The second-order valence-electron chi connectivity index (χ2n) is 4.95. The molecule has 1 N–H and O–H groups in total. The average molecular weight is 299 g/mol. The van der Waals surface area contributed by atoms with E-state index >= 15 is 0 Å². The van der Waals surface area contributed by atoms with Crippen molar-refractivity contribution in [3.05, 3.63) is 18.3 Å². The van der Waals surface area contributed by atoms with Gasteiger partial charge in [-0.1, -0.05) is 0 Å². The number of nitrogens with zero attached hydrogens (tertiary/aromatic N) is 2. The summed E-state index contributed by atoms with van der Waals surface area (Å²) in [5.41, 5.74) is 0. The Kier molecular flexibility index (Phi) is 4.95. The second-order valence-corrected chi connectivity index (χ2v) is 6.89. The van der Waals surface area contributed by atoms with Gasteiger partial charge in [0.2, 0.25) is 10.0 Å². The Labute approximate surface area is 120 Å². The largest absolute Gasteiger partial charge is 0.384 e. The summed E-state index contributed by atoms with van der Waals surface area (Å²) in [6.07, 6.45) is 3.39. The van der Waals surface area contributed by atoms with Crippen LogP contribution < -0.4 is 5.32 Å². The maximum atomic E-state index is 12.6. The Morgan fingerprint density at radius 1 is 1.55 bits per heavy atom. The SMILES string of the molecule is CNc1cc(S(=O)(=O)N2CCCC(COC)C2)ccn1. The summed E-state index contributed by atoms with van der Waals surface area (Å²) in [6.45, 7) is 1.69. The highest BCUT2D eigenvalue weighted by molar-refractivity contribution is 7.89. The summed E-state index contributed by atoms with van der Waals surface area (Å²) < 4.78 is 32.0. The molecule has 112 valence electrons. The number of hydrogen-bond donors (Lipinski definition) is 1. The third-order valence-corrected chi connectivity index (χ3v) is 5.37. The van der Waals surface area contributed by atoms with E-state index in [0.717, 1.165) is 12.8 Å². The van der Waals surface area contributed by atoms with Crippen molar-refractivity contribution in [3.63, 3.8) is 0 Å². The lowest BCUT2D eigenvalue weighted by Crippen LogP contribution is -2.41. The minimum atomic E-state index is -3.45. The molecule has 0 bridgehead atoms. The Morgan fingerprint density at radius 2 is 2.35 bits per heavy atom. The van der Waals surface area contributed by atoms with Crippen LogP contribution in [0.5, 0.6) is 0 Å². The van der Waals surface area contributed by atoms with Crippen LogP contribution in [-0.2, 0) is 14.8 Å². The molecule has 1 aromatic heterocycles. The van der Waals surface area contributed by atoms with Crippen molar-refractivity contribution in [1.82, 2.24) is 9.29 Å². The van der Waals surface area contributed by atoms with Crippen LogP contribution in [0.2, 0.25) is 0 Å². The standard InChI is InChI=1S/C13H21N3O3S/c1-14-13-8-12(5-6-15-13)20(17,18)16-7-3-4-11(9-16)10-19-2/h5-6,8,11H,3-4,7,9-10H2,1-2H3,(H,14,15). The number of anilines is 1. The zero-order chi connectivity index (χ0) is 14.6. The topological polar surface area (TPSA) is 71.5 Å². The molecule has 1 aromatic rings. The highest BCUT2D eigenvalue weighted by Gasteiger charge is 2.30. The van der Waals surface area contributed by atoms with Gasteiger partial charge in [0.15, 0.2) is 0 Å². The predicted octanol–water partition coefficient (Wildman–Crippen LogP) is 1.17. The van der Waals surface area contributed by atoms with Gasteiger partial charge < -0.3 is 10.1 Å². The number of pyridine rings is 1. The Hall–Kier alpha value is -1.18. The van der Waals surface area contributed by atoms with Crippen LogP contribution >= 0.6 is 0 Å². The summed E-state index contributed by atoms with van der Waals surface area (Å²) in [7, 11) is -0.0832. The number of nitrogens with one attached hydrogen (secondary N) is 1. The number of ether oxygens (including phenoxy) is 1. The molecule has 0 spiro atoms. The first-order valence-electron chi connectivity index (χ1n) is 6.71. The number of piperidine rings is 1. The number of sulfonamides is 1. The molecule has 6 nitrogen and oxygen atoms in total. The van der Waals surface area contributed by atoms with Crippen LogP contribution in [0.25, 0.3) is 0 Å². The summed E-state index contributed by atoms with van der Waals surface area (Å²) in [6, 6.07) is 3.10. The Bertz CT molecular complexity index is 546. The first-order valence-corrected chi connectivity index (χ1v) is 8.15. The second kappa shape index (κ2) is 6.51. The zero-order valence-electron chi connectivity index (χ0n) is 11.9. The lowest BCUT2D eigenvalue weighted by Gasteiger charge is -2.31. The maximum Gasteiger partial charge on any atom is 0.243 e. The molecule has 0 saturated carbocycles. The molecule has 1 aliphatic rings. The minimum absolute atomic E-state index is 0.272. The van der Waals surface area contributed by atoms with Crippen molar-refractivity contribution < 1.29 is 13.2 Å². The van der Waals surface area contributed by atoms with Gasteiger partial charge in [-0.15, -0.1) is 0 Å². The van der Waals surface area contributed by atoms with Gasteiger partial charge in [0, 0.05) is 39.5 Å². The normalized spacial score (nSPS) is 20.8. The molecule has 1 fully saturated rings. The summed E-state index contributed by atoms with van der Waals surface area (Å²) >= 11 is 0. The summed E-state index contributed by atoms with van der Waals surface area (Å²) in [4.78, 5) is 4.33. The van der Waals surface area contributed by atoms with Gasteiger partial charge in [-0.05, 0) is 24.8 Å². The quantitative estimate of drug-likeness (QED) is 0.883. The molecule has 0 amide bonds. The minimum Gasteiger partial charge on any atom is -0.384 e. The van der Waals surface area contributed by atoms with Crippen molar-refractivity contribution in [2.45, 2.75) is 17.7 Å². The molecule has 2 heterocycles. The lowest BCUT2D eigenvalue weighted by atomic mass is 10.0. The van der Waals surface area contributed by atoms with Gasteiger partial charge in [0.1, 0.15) is 5.82 Å². The van der Waals surface area contributed by atoms with Crippen LogP contribution in [0.1, 0.15) is 12.8 Å². The lowest BCUT2D eigenvalue weighted by molar-refractivity contribution is 0.118. The van der Waals surface area contributed by atoms with Crippen LogP contribution in [0.3, 0.4) is 0 Å². The monoisotopic (exact) mass is 299 g/mol. The van der Waals surface area contributed by atoms with E-state index < -0.39 is 10.0 Å². The van der Waals surface area contributed by atoms with E-state index in [1.54, 1.807) is 24.5 Å². The van der Waals surface area contributed by atoms with Gasteiger partial charge in [0.05, 0.1) is 11.5 Å². The fourth-order valence-electron chi connectivity index (χ4n) is 2.47. The Balaban J connectivity index is 2.20. The fraction of sp³-hybridized carbons (Fsp3) is 0.615. The molecule has 1 unspecified atom stereocenters. The molecule has 0 aliphatic carbocycles. The van der Waals surface area contributed by atoms with Gasteiger partial charge in [-0.25, -0.2) is 13.4 Å². The number of rotatable bonds is 5. The molecule has 7 heteroatoms. The van der Waals surface area contributed by atoms with Gasteiger partial charge in [-0.3, -0.25) is 0 Å². The first-order chi connectivity index (χ1) is 9.57. The molecule has 20 heavy (non-hydrogen) atoms. The van der Waals surface area contributed by atoms with Crippen LogP contribution in [0.15, 0.2) is 23.2 Å². The fourth-order valence-corrected chi connectivity index (χ4v) is 4.04. The first kappa shape index (κ1) is 15.2. The zero-order valence-corrected chi connectivity index (χ0v) is 12.7. The third kappa shape index (κ3) is 3.28. The molecular formula is C13H21N3O3S. The van der Waals surface area contributed by atoms with Crippen molar-refractivity contribution in [2.75, 3.05) is 39.2 Å². The van der Waals surface area contributed by atoms with Gasteiger partial charge in [-0.2, -0.15) is 4.31 Å². The molecule has 1 saturated heterocycles. The van der Waals surface area contributed by atoms with E-state index in [9.17, 15) is 8.42 Å². The molecular weight excluding hydrogens is 278 g/mol. The Morgan fingerprint density at radius 3 is 3.05 bits per heavy atom. The molecule has 1 aliphatic heterocycles. The highest BCUT2D eigenvalue weighted by atomic mass is 32.2. The van der Waals surface area contributed by atoms with E-state index in [4.69, 9.17) is 4.74 Å². The van der Waals surface area contributed by atoms with Crippen LogP contribution in [0, 0.1) is 5.92 Å². The van der Waals surface area contributed by atoms with E-state index in [-0.39, 0.29) is 10.8 Å². The average Bonchev–Trinajstić information content (AvgIpc) is 2.48. The predicted molar refractivity (Wildman–Crippen MR) is 77.1 cm³/mol. The number of aromatic nitrogens is 1. The highest BCUT2D eigenvalue weighted by Crippen LogP contribution is 2.24. The van der Waals surface area contributed by atoms with Crippen molar-refractivity contribution in [3.8, 4) is 0 Å². The van der Waals surface area contributed by atoms with E-state index in [2.05, 4.69) is 10.3 Å². The maximum absolute atomic E-state index is 12.6. The van der Waals surface area contributed by atoms with Gasteiger partial charge in [0.25, 0.3) is 0 Å². The van der Waals surface area contributed by atoms with Crippen LogP contribution in [-0.4, -0.2) is 51.6 Å². The molecule has 2 rings (SSSR count). The smallest absolute Gasteiger partial charge is 0.243 e. The summed E-state index contributed by atoms with van der Waals surface area (Å²) in [5.74, 6) is 0.825.